The van der Waals surface area contributed by atoms with Gasteiger partial charge >= 0.3 is 0 Å². The zero-order chi connectivity index (χ0) is 13.4. The van der Waals surface area contributed by atoms with Crippen molar-refractivity contribution < 1.29 is 9.53 Å². The molecule has 100 valence electrons. The second-order valence-electron chi connectivity index (χ2n) is 4.35. The first-order valence-electron chi connectivity index (χ1n) is 6.24. The third kappa shape index (κ3) is 5.54. The number of unbranched alkanes of at least 4 members (excludes halogenated alkanes) is 1. The first-order chi connectivity index (χ1) is 8.63. The second-order valence-corrected chi connectivity index (χ2v) is 5.14. The summed E-state index contributed by atoms with van der Waals surface area (Å²) in [5, 5.41) is 3.87. The van der Waals surface area contributed by atoms with Crippen LogP contribution in [0.4, 0.5) is 0 Å². The molecular weight excluding hydrogens is 294 g/mol. The second kappa shape index (κ2) is 8.14. The Labute approximate surface area is 117 Å². The van der Waals surface area contributed by atoms with Gasteiger partial charge in [-0.2, -0.15) is 0 Å². The Kier molecular flexibility index (Phi) is 6.80. The summed E-state index contributed by atoms with van der Waals surface area (Å²) in [5.74, 6) is 0.692. The average molecular weight is 314 g/mol. The highest BCUT2D eigenvalue weighted by atomic mass is 79.9. The molecule has 0 saturated heterocycles. The number of ether oxygens (including phenoxy) is 1. The van der Waals surface area contributed by atoms with Crippen LogP contribution in [0, 0.1) is 0 Å². The minimum absolute atomic E-state index is 0.0428. The molecule has 0 spiro atoms. The van der Waals surface area contributed by atoms with Gasteiger partial charge in [-0.1, -0.05) is 22.0 Å². The summed E-state index contributed by atoms with van der Waals surface area (Å²) in [6.07, 6.45) is 2.16. The van der Waals surface area contributed by atoms with E-state index < -0.39 is 0 Å². The minimum atomic E-state index is -0.0428. The van der Waals surface area contributed by atoms with Crippen LogP contribution < -0.4 is 10.1 Å². The maximum Gasteiger partial charge on any atom is 0.251 e. The van der Waals surface area contributed by atoms with Crippen LogP contribution in [0.25, 0.3) is 0 Å². The summed E-state index contributed by atoms with van der Waals surface area (Å²) >= 11 is 3.36. The van der Waals surface area contributed by atoms with Gasteiger partial charge in [-0.25, -0.2) is 0 Å². The lowest BCUT2D eigenvalue weighted by Gasteiger charge is -2.11. The van der Waals surface area contributed by atoms with Crippen LogP contribution in [0.2, 0.25) is 0 Å². The average Bonchev–Trinajstić information content (AvgIpc) is 2.34. The molecule has 0 aliphatic heterocycles. The molecule has 1 aromatic rings. The molecule has 0 unspecified atom stereocenters. The zero-order valence-corrected chi connectivity index (χ0v) is 12.5. The van der Waals surface area contributed by atoms with Crippen molar-refractivity contribution in [1.82, 2.24) is 5.32 Å². The van der Waals surface area contributed by atoms with E-state index in [1.807, 2.05) is 26.0 Å². The number of amides is 1. The smallest absolute Gasteiger partial charge is 0.251 e. The lowest BCUT2D eigenvalue weighted by molar-refractivity contribution is 0.0952. The largest absolute Gasteiger partial charge is 0.491 e. The molecule has 0 aliphatic rings. The van der Waals surface area contributed by atoms with Gasteiger partial charge in [0.25, 0.3) is 5.91 Å². The molecule has 0 radical (unpaired) electrons. The Morgan fingerprint density at radius 3 is 2.83 bits per heavy atom. The van der Waals surface area contributed by atoms with E-state index in [0.717, 1.165) is 23.9 Å². The summed E-state index contributed by atoms with van der Waals surface area (Å²) in [6, 6.07) is 7.28. The van der Waals surface area contributed by atoms with Gasteiger partial charge in [0.15, 0.2) is 0 Å². The molecule has 1 rings (SSSR count). The van der Waals surface area contributed by atoms with Crippen molar-refractivity contribution in [2.75, 3.05) is 11.9 Å². The summed E-state index contributed by atoms with van der Waals surface area (Å²) in [6.45, 7) is 4.64. The lowest BCUT2D eigenvalue weighted by Crippen LogP contribution is -2.24. The predicted molar refractivity (Wildman–Crippen MR) is 77.6 cm³/mol. The van der Waals surface area contributed by atoms with Crippen molar-refractivity contribution in [2.24, 2.45) is 0 Å². The zero-order valence-electron chi connectivity index (χ0n) is 10.9. The van der Waals surface area contributed by atoms with E-state index >= 15 is 0 Å². The van der Waals surface area contributed by atoms with Crippen molar-refractivity contribution in [1.29, 1.82) is 0 Å². The number of hydrogen-bond acceptors (Lipinski definition) is 2. The summed E-state index contributed by atoms with van der Waals surface area (Å²) < 4.78 is 5.56. The number of alkyl halides is 1. The number of carbonyl (C=O) groups excluding carboxylic acids is 1. The van der Waals surface area contributed by atoms with Gasteiger partial charge < -0.3 is 10.1 Å². The van der Waals surface area contributed by atoms with E-state index in [1.165, 1.54) is 0 Å². The Morgan fingerprint density at radius 2 is 2.17 bits per heavy atom. The van der Waals surface area contributed by atoms with Crippen LogP contribution >= 0.6 is 15.9 Å². The highest BCUT2D eigenvalue weighted by molar-refractivity contribution is 9.09. The fraction of sp³-hybridized carbons (Fsp3) is 0.500. The molecule has 0 heterocycles. The fourth-order valence-electron chi connectivity index (χ4n) is 1.51. The fourth-order valence-corrected chi connectivity index (χ4v) is 1.90. The number of rotatable bonds is 7. The van der Waals surface area contributed by atoms with E-state index in [2.05, 4.69) is 21.2 Å². The molecule has 1 N–H and O–H groups in total. The quantitative estimate of drug-likeness (QED) is 0.619. The van der Waals surface area contributed by atoms with Gasteiger partial charge in [0.2, 0.25) is 0 Å². The maximum absolute atomic E-state index is 11.9. The highest BCUT2D eigenvalue weighted by Gasteiger charge is 2.06. The van der Waals surface area contributed by atoms with Crippen LogP contribution in [-0.2, 0) is 0 Å². The summed E-state index contributed by atoms with van der Waals surface area (Å²) in [5.41, 5.74) is 0.645. The number of halogens is 1. The molecule has 1 aromatic carbocycles. The molecule has 1 amide bonds. The van der Waals surface area contributed by atoms with Crippen molar-refractivity contribution >= 4 is 21.8 Å². The topological polar surface area (TPSA) is 38.3 Å². The molecule has 0 aromatic heterocycles. The van der Waals surface area contributed by atoms with E-state index in [4.69, 9.17) is 4.74 Å². The Morgan fingerprint density at radius 1 is 1.39 bits per heavy atom. The van der Waals surface area contributed by atoms with E-state index in [9.17, 15) is 4.79 Å². The van der Waals surface area contributed by atoms with E-state index in [-0.39, 0.29) is 12.0 Å². The third-order valence-corrected chi connectivity index (χ3v) is 2.87. The van der Waals surface area contributed by atoms with Crippen LogP contribution in [-0.4, -0.2) is 23.9 Å². The van der Waals surface area contributed by atoms with Gasteiger partial charge in [0.1, 0.15) is 5.75 Å². The lowest BCUT2D eigenvalue weighted by atomic mass is 10.2. The Balaban J connectivity index is 2.51. The molecule has 0 bridgehead atoms. The highest BCUT2D eigenvalue weighted by Crippen LogP contribution is 2.14. The number of nitrogens with one attached hydrogen (secondary N) is 1. The van der Waals surface area contributed by atoms with Crippen LogP contribution in [0.5, 0.6) is 5.75 Å². The van der Waals surface area contributed by atoms with E-state index in [1.54, 1.807) is 12.1 Å². The van der Waals surface area contributed by atoms with Crippen LogP contribution in [0.3, 0.4) is 0 Å². The van der Waals surface area contributed by atoms with Crippen LogP contribution in [0.15, 0.2) is 24.3 Å². The van der Waals surface area contributed by atoms with Crippen molar-refractivity contribution in [3.63, 3.8) is 0 Å². The van der Waals surface area contributed by atoms with Gasteiger partial charge in [-0.3, -0.25) is 4.79 Å². The van der Waals surface area contributed by atoms with Crippen molar-refractivity contribution in [3.8, 4) is 5.75 Å². The molecule has 3 nitrogen and oxygen atoms in total. The summed E-state index contributed by atoms with van der Waals surface area (Å²) in [4.78, 5) is 11.9. The number of benzene rings is 1. The monoisotopic (exact) mass is 313 g/mol. The van der Waals surface area contributed by atoms with E-state index in [0.29, 0.717) is 12.1 Å². The predicted octanol–water partition coefficient (Wildman–Crippen LogP) is 3.38. The molecule has 18 heavy (non-hydrogen) atoms. The van der Waals surface area contributed by atoms with Gasteiger partial charge in [-0.15, -0.1) is 0 Å². The maximum atomic E-state index is 11.9. The van der Waals surface area contributed by atoms with Crippen molar-refractivity contribution in [3.05, 3.63) is 29.8 Å². The number of carbonyl (C=O) groups is 1. The standard InChI is InChI=1S/C14H20BrNO2/c1-11(2)18-13-7-5-6-12(10-13)14(17)16-9-4-3-8-15/h5-7,10-11H,3-4,8-9H2,1-2H3,(H,16,17). The molecular formula is C14H20BrNO2. The van der Waals surface area contributed by atoms with Gasteiger partial charge in [-0.05, 0) is 44.9 Å². The first kappa shape index (κ1) is 15.0. The minimum Gasteiger partial charge on any atom is -0.491 e. The molecule has 0 atom stereocenters. The van der Waals surface area contributed by atoms with Crippen molar-refractivity contribution in [2.45, 2.75) is 32.8 Å². The third-order valence-electron chi connectivity index (χ3n) is 2.31. The van der Waals surface area contributed by atoms with Gasteiger partial charge in [0.05, 0.1) is 6.10 Å². The first-order valence-corrected chi connectivity index (χ1v) is 7.36. The normalized spacial score (nSPS) is 10.4. The SMILES string of the molecule is CC(C)Oc1cccc(C(=O)NCCCCBr)c1. The van der Waals surface area contributed by atoms with Crippen LogP contribution in [0.1, 0.15) is 37.0 Å². The van der Waals surface area contributed by atoms with Gasteiger partial charge in [0, 0.05) is 17.4 Å². The molecule has 0 aliphatic carbocycles. The molecule has 4 heteroatoms. The molecule has 0 fully saturated rings. The summed E-state index contributed by atoms with van der Waals surface area (Å²) in [7, 11) is 0. The Bertz CT molecular complexity index is 380. The number of hydrogen-bond donors (Lipinski definition) is 1. The molecule has 0 saturated carbocycles. The Hall–Kier alpha value is -1.03.